The molecule has 3 heterocycles. The van der Waals surface area contributed by atoms with E-state index in [9.17, 15) is 14.5 Å². The first-order chi connectivity index (χ1) is 21.9. The molecule has 14 nitrogen and oxygen atoms in total. The summed E-state index contributed by atoms with van der Waals surface area (Å²) in [6.07, 6.45) is 1.37. The number of imidazole rings is 1. The lowest BCUT2D eigenvalue weighted by molar-refractivity contribution is -0.149. The minimum atomic E-state index is -4.17. The first-order valence-electron chi connectivity index (χ1n) is 14.1. The molecule has 1 fully saturated rings. The summed E-state index contributed by atoms with van der Waals surface area (Å²) in [7, 11) is 1.60. The quantitative estimate of drug-likeness (QED) is 0.0732. The Balaban J connectivity index is 1.40. The van der Waals surface area contributed by atoms with Crippen LogP contribution in [-0.4, -0.2) is 74.3 Å². The van der Waals surface area contributed by atoms with E-state index in [1.165, 1.54) is 17.8 Å². The van der Waals surface area contributed by atoms with Crippen LogP contribution in [-0.2, 0) is 23.4 Å². The number of benzene rings is 2. The smallest absolute Gasteiger partial charge is 0.365 e. The van der Waals surface area contributed by atoms with E-state index in [2.05, 4.69) is 25.4 Å². The Hall–Kier alpha value is -3.97. The number of ether oxygens (including phenoxy) is 2. The molecule has 1 saturated heterocycles. The predicted molar refractivity (Wildman–Crippen MR) is 171 cm³/mol. The number of terminal acetylenes is 1. The summed E-state index contributed by atoms with van der Waals surface area (Å²) >= 11 is 0.443. The molecular formula is C29H33FN7O7PS. The van der Waals surface area contributed by atoms with Crippen molar-refractivity contribution in [3.8, 4) is 18.1 Å². The number of carbonyl (C=O) groups is 1. The summed E-state index contributed by atoms with van der Waals surface area (Å²) in [4.78, 5) is 25.0. The highest BCUT2D eigenvalue weighted by Gasteiger charge is 2.58. The SMILES string of the molecule is C#C[C@@]1(F)[C@H](O)[C@@H](COP(=O)(N[C@@H](C)C(=O)OC(C)C)SOc2cccc3ccccc23)O[C@H]1n1cnc2c(NC)nc(N)nc21. The lowest BCUT2D eigenvalue weighted by Crippen LogP contribution is -2.42. The van der Waals surface area contributed by atoms with Crippen molar-refractivity contribution in [2.24, 2.45) is 0 Å². The summed E-state index contributed by atoms with van der Waals surface area (Å²) < 4.78 is 54.4. The third kappa shape index (κ3) is 6.61. The van der Waals surface area contributed by atoms with Crippen LogP contribution in [0.1, 0.15) is 27.0 Å². The van der Waals surface area contributed by atoms with Crippen LogP contribution in [0.5, 0.6) is 5.75 Å². The second-order valence-electron chi connectivity index (χ2n) is 10.7. The fourth-order valence-corrected chi connectivity index (χ4v) is 7.68. The van der Waals surface area contributed by atoms with Crippen molar-refractivity contribution in [1.82, 2.24) is 24.6 Å². The Morgan fingerprint density at radius 3 is 2.74 bits per heavy atom. The Morgan fingerprint density at radius 1 is 1.28 bits per heavy atom. The van der Waals surface area contributed by atoms with Gasteiger partial charge >= 0.3 is 12.7 Å². The molecule has 2 aromatic heterocycles. The van der Waals surface area contributed by atoms with Gasteiger partial charge in [-0.1, -0.05) is 42.3 Å². The normalized spacial score (nSPS) is 23.2. The molecule has 2 aromatic carbocycles. The highest BCUT2D eigenvalue weighted by Crippen LogP contribution is 2.58. The number of carbonyl (C=O) groups excluding carboxylic acids is 1. The monoisotopic (exact) mass is 673 g/mol. The number of hydrogen-bond acceptors (Lipinski definition) is 13. The van der Waals surface area contributed by atoms with Crippen LogP contribution in [0, 0.1) is 12.3 Å². The van der Waals surface area contributed by atoms with Gasteiger partial charge < -0.3 is 34.3 Å². The van der Waals surface area contributed by atoms with Crippen LogP contribution in [0.15, 0.2) is 48.8 Å². The number of anilines is 2. The number of aliphatic hydroxyl groups is 1. The molecule has 5 N–H and O–H groups in total. The predicted octanol–water partition coefficient (Wildman–Crippen LogP) is 3.98. The number of fused-ring (bicyclic) bond motifs is 2. The number of rotatable bonds is 12. The number of esters is 1. The number of halogens is 1. The molecular weight excluding hydrogens is 640 g/mol. The summed E-state index contributed by atoms with van der Waals surface area (Å²) in [6, 6.07) is 11.6. The zero-order valence-corrected chi connectivity index (χ0v) is 27.0. The van der Waals surface area contributed by atoms with Crippen LogP contribution < -0.4 is 20.3 Å². The van der Waals surface area contributed by atoms with Gasteiger partial charge in [0.05, 0.1) is 19.0 Å². The van der Waals surface area contributed by atoms with E-state index >= 15 is 4.39 Å². The van der Waals surface area contributed by atoms with Gasteiger partial charge in [0.25, 0.3) is 0 Å². The Bertz CT molecular complexity index is 1830. The first kappa shape index (κ1) is 33.4. The average molecular weight is 674 g/mol. The number of hydrogen-bond donors (Lipinski definition) is 4. The molecule has 0 saturated carbocycles. The summed E-state index contributed by atoms with van der Waals surface area (Å²) in [6.45, 7) is -0.00539. The molecule has 46 heavy (non-hydrogen) atoms. The maximum atomic E-state index is 16.3. The van der Waals surface area contributed by atoms with Gasteiger partial charge in [-0.2, -0.15) is 9.97 Å². The molecule has 5 rings (SSSR count). The Morgan fingerprint density at radius 2 is 2.02 bits per heavy atom. The van der Waals surface area contributed by atoms with Crippen molar-refractivity contribution in [1.29, 1.82) is 0 Å². The van der Waals surface area contributed by atoms with E-state index in [0.717, 1.165) is 10.8 Å². The summed E-state index contributed by atoms with van der Waals surface area (Å²) in [5, 5.41) is 18.1. The molecule has 6 atom stereocenters. The number of alkyl halides is 1. The van der Waals surface area contributed by atoms with Gasteiger partial charge in [0, 0.05) is 12.4 Å². The van der Waals surface area contributed by atoms with Crippen molar-refractivity contribution >= 4 is 58.1 Å². The Kier molecular flexibility index (Phi) is 9.73. The number of nitrogens with two attached hydrogens (primary N) is 1. The van der Waals surface area contributed by atoms with Crippen molar-refractivity contribution in [2.75, 3.05) is 24.7 Å². The molecule has 0 aliphatic carbocycles. The lowest BCUT2D eigenvalue weighted by atomic mass is 9.97. The van der Waals surface area contributed by atoms with Gasteiger partial charge in [-0.25, -0.2) is 14.5 Å². The van der Waals surface area contributed by atoms with Crippen LogP contribution >= 0.6 is 18.4 Å². The molecule has 1 unspecified atom stereocenters. The van der Waals surface area contributed by atoms with Crippen molar-refractivity contribution < 1.29 is 37.0 Å². The van der Waals surface area contributed by atoms with Gasteiger partial charge in [0.1, 0.15) is 24.0 Å². The standard InChI is InChI=1S/C29H33FN7O7PS/c1-6-29(30)23(38)21(43-27(29)37-15-33-22-24(32-5)34-28(31)35-25(22)37)14-41-45(40,36-17(4)26(39)42-16(2)3)46-44-20-13-9-11-18-10-7-8-12-19(18)20/h1,7-13,15-17,21,23,27,38H,14H2,2-5H3,(H,36,40)(H3,31,32,34,35)/t17-,21+,23+,27+,29+,45?/m0/s1. The second-order valence-corrected chi connectivity index (χ2v) is 14.4. The first-order valence-corrected chi connectivity index (χ1v) is 17.1. The van der Waals surface area contributed by atoms with Crippen LogP contribution in [0.4, 0.5) is 16.2 Å². The van der Waals surface area contributed by atoms with Gasteiger partial charge in [0.15, 0.2) is 34.9 Å². The zero-order valence-electron chi connectivity index (χ0n) is 25.3. The molecule has 0 amide bonds. The molecule has 0 radical (unpaired) electrons. The average Bonchev–Trinajstić information content (AvgIpc) is 3.56. The molecule has 1 aliphatic heterocycles. The van der Waals surface area contributed by atoms with Crippen LogP contribution in [0.2, 0.25) is 0 Å². The number of nitrogen functional groups attached to an aromatic ring is 1. The van der Waals surface area contributed by atoms with Crippen LogP contribution in [0.3, 0.4) is 0 Å². The largest absolute Gasteiger partial charge is 0.462 e. The third-order valence-electron chi connectivity index (χ3n) is 7.04. The van der Waals surface area contributed by atoms with Gasteiger partial charge in [-0.05, 0) is 32.2 Å². The zero-order chi connectivity index (χ0) is 33.2. The highest BCUT2D eigenvalue weighted by atomic mass is 32.7. The highest BCUT2D eigenvalue weighted by molar-refractivity contribution is 8.53. The minimum Gasteiger partial charge on any atom is -0.462 e. The van der Waals surface area contributed by atoms with E-state index < -0.39 is 55.5 Å². The van der Waals surface area contributed by atoms with Crippen molar-refractivity contribution in [3.63, 3.8) is 0 Å². The molecule has 244 valence electrons. The van der Waals surface area contributed by atoms with Gasteiger partial charge in [-0.3, -0.25) is 13.9 Å². The second kappa shape index (κ2) is 13.4. The minimum absolute atomic E-state index is 0.0942. The maximum Gasteiger partial charge on any atom is 0.365 e. The fourth-order valence-electron chi connectivity index (χ4n) is 4.82. The third-order valence-corrected chi connectivity index (χ3v) is 10.1. The molecule has 4 aromatic rings. The van der Waals surface area contributed by atoms with Gasteiger partial charge in [0.2, 0.25) is 11.6 Å². The molecule has 0 spiro atoms. The van der Waals surface area contributed by atoms with Crippen LogP contribution in [0.25, 0.3) is 21.9 Å². The number of aliphatic hydroxyl groups excluding tert-OH is 1. The molecule has 0 bridgehead atoms. The lowest BCUT2D eigenvalue weighted by Gasteiger charge is -2.24. The van der Waals surface area contributed by atoms with E-state index in [0.29, 0.717) is 17.4 Å². The summed E-state index contributed by atoms with van der Waals surface area (Å²) in [5.74, 6) is 1.83. The van der Waals surface area contributed by atoms with Gasteiger partial charge in [-0.15, -0.1) is 6.42 Å². The number of nitrogens with one attached hydrogen (secondary N) is 2. The molecule has 17 heteroatoms. The Labute approximate surface area is 268 Å². The van der Waals surface area contributed by atoms with E-state index in [1.807, 2.05) is 36.3 Å². The maximum absolute atomic E-state index is 16.3. The molecule has 1 aliphatic rings. The summed E-state index contributed by atoms with van der Waals surface area (Å²) in [5.41, 5.74) is 3.39. The number of nitrogens with zero attached hydrogens (tertiary/aromatic N) is 4. The van der Waals surface area contributed by atoms with E-state index in [-0.39, 0.29) is 22.9 Å². The van der Waals surface area contributed by atoms with E-state index in [4.69, 9.17) is 30.3 Å². The number of aromatic nitrogens is 4. The van der Waals surface area contributed by atoms with Crippen molar-refractivity contribution in [3.05, 3.63) is 48.8 Å². The van der Waals surface area contributed by atoms with Crippen molar-refractivity contribution in [2.45, 2.75) is 57.0 Å². The topological polar surface area (TPSA) is 185 Å². The van der Waals surface area contributed by atoms with E-state index in [1.54, 1.807) is 33.0 Å². The fraction of sp³-hybridized carbons (Fsp3) is 0.379.